The molecule has 154 valence electrons. The zero-order valence-electron chi connectivity index (χ0n) is 17.2. The van der Waals surface area contributed by atoms with Gasteiger partial charge in [0.15, 0.2) is 0 Å². The van der Waals surface area contributed by atoms with E-state index in [4.69, 9.17) is 4.74 Å². The second-order valence-electron chi connectivity index (χ2n) is 8.84. The molecule has 4 rings (SSSR count). The van der Waals surface area contributed by atoms with Gasteiger partial charge >= 0.3 is 0 Å². The number of piperidine rings is 2. The molecule has 0 aromatic heterocycles. The standard InChI is InChI=1S/C23H35N3O2/c1-28-22-8-4-3-7-20(22)21(26-11-5-2-6-12-26)16-24-23(27)15-17-13-18-9-10-19(14-17)25-18/h3-4,7-8,17-19,21,25H,2,5-6,9-16H2,1H3,(H,24,27). The molecule has 3 aliphatic heterocycles. The third kappa shape index (κ3) is 4.69. The number of amides is 1. The summed E-state index contributed by atoms with van der Waals surface area (Å²) in [6.07, 6.45) is 9.33. The van der Waals surface area contributed by atoms with Crippen molar-refractivity contribution in [1.29, 1.82) is 0 Å². The Morgan fingerprint density at radius 3 is 2.61 bits per heavy atom. The van der Waals surface area contributed by atoms with Crippen LogP contribution in [-0.4, -0.2) is 49.6 Å². The number of methoxy groups -OCH3 is 1. The Bertz CT molecular complexity index is 647. The van der Waals surface area contributed by atoms with Crippen LogP contribution >= 0.6 is 0 Å². The van der Waals surface area contributed by atoms with Crippen molar-refractivity contribution in [3.63, 3.8) is 0 Å². The number of carbonyl (C=O) groups is 1. The Labute approximate surface area is 169 Å². The summed E-state index contributed by atoms with van der Waals surface area (Å²) in [5.41, 5.74) is 1.19. The van der Waals surface area contributed by atoms with E-state index in [-0.39, 0.29) is 11.9 Å². The lowest BCUT2D eigenvalue weighted by Gasteiger charge is -2.35. The van der Waals surface area contributed by atoms with Gasteiger partial charge in [0, 0.05) is 30.6 Å². The van der Waals surface area contributed by atoms with Gasteiger partial charge < -0.3 is 15.4 Å². The van der Waals surface area contributed by atoms with Gasteiger partial charge in [-0.15, -0.1) is 0 Å². The summed E-state index contributed by atoms with van der Waals surface area (Å²) in [4.78, 5) is 15.3. The van der Waals surface area contributed by atoms with Crippen LogP contribution in [-0.2, 0) is 4.79 Å². The third-order valence-corrected chi connectivity index (χ3v) is 6.87. The predicted molar refractivity (Wildman–Crippen MR) is 111 cm³/mol. The van der Waals surface area contributed by atoms with Crippen LogP contribution in [0, 0.1) is 5.92 Å². The van der Waals surface area contributed by atoms with Gasteiger partial charge in [0.2, 0.25) is 5.91 Å². The van der Waals surface area contributed by atoms with Crippen LogP contribution in [0.25, 0.3) is 0 Å². The Morgan fingerprint density at radius 1 is 1.18 bits per heavy atom. The zero-order valence-corrected chi connectivity index (χ0v) is 17.2. The van der Waals surface area contributed by atoms with Crippen LogP contribution in [0.5, 0.6) is 5.75 Å². The molecule has 28 heavy (non-hydrogen) atoms. The van der Waals surface area contributed by atoms with Crippen LogP contribution in [0.15, 0.2) is 24.3 Å². The molecule has 5 heteroatoms. The highest BCUT2D eigenvalue weighted by molar-refractivity contribution is 5.76. The fourth-order valence-electron chi connectivity index (χ4n) is 5.49. The molecule has 3 fully saturated rings. The van der Waals surface area contributed by atoms with Gasteiger partial charge in [-0.25, -0.2) is 0 Å². The first-order valence-corrected chi connectivity index (χ1v) is 11.1. The largest absolute Gasteiger partial charge is 0.496 e. The smallest absolute Gasteiger partial charge is 0.220 e. The van der Waals surface area contributed by atoms with E-state index >= 15 is 0 Å². The number of fused-ring (bicyclic) bond motifs is 2. The molecule has 1 amide bonds. The van der Waals surface area contributed by atoms with Crippen molar-refractivity contribution in [3.8, 4) is 5.75 Å². The minimum Gasteiger partial charge on any atom is -0.496 e. The monoisotopic (exact) mass is 385 g/mol. The fourth-order valence-corrected chi connectivity index (χ4v) is 5.49. The highest BCUT2D eigenvalue weighted by atomic mass is 16.5. The van der Waals surface area contributed by atoms with E-state index in [2.05, 4.69) is 27.7 Å². The lowest BCUT2D eigenvalue weighted by molar-refractivity contribution is -0.122. The molecule has 2 bridgehead atoms. The zero-order chi connectivity index (χ0) is 19.3. The minimum absolute atomic E-state index is 0.185. The Balaban J connectivity index is 1.38. The maximum absolute atomic E-state index is 12.7. The van der Waals surface area contributed by atoms with E-state index in [1.807, 2.05) is 12.1 Å². The molecule has 0 spiro atoms. The molecule has 1 aromatic rings. The number of benzene rings is 1. The first-order valence-electron chi connectivity index (χ1n) is 11.1. The maximum atomic E-state index is 12.7. The predicted octanol–water partition coefficient (Wildman–Crippen LogP) is 3.26. The Morgan fingerprint density at radius 2 is 1.89 bits per heavy atom. The van der Waals surface area contributed by atoms with Gasteiger partial charge in [0.1, 0.15) is 5.75 Å². The number of nitrogens with zero attached hydrogens (tertiary/aromatic N) is 1. The first kappa shape index (κ1) is 19.7. The molecule has 3 atom stereocenters. The van der Waals surface area contributed by atoms with Gasteiger partial charge in [-0.1, -0.05) is 24.6 Å². The number of hydrogen-bond donors (Lipinski definition) is 2. The van der Waals surface area contributed by atoms with Crippen LogP contribution in [0.4, 0.5) is 0 Å². The van der Waals surface area contributed by atoms with Crippen LogP contribution < -0.4 is 15.4 Å². The van der Waals surface area contributed by atoms with Gasteiger partial charge in [0.25, 0.3) is 0 Å². The second-order valence-corrected chi connectivity index (χ2v) is 8.84. The van der Waals surface area contributed by atoms with E-state index in [0.29, 0.717) is 31.0 Å². The number of likely N-dealkylation sites (tertiary alicyclic amines) is 1. The molecule has 1 aromatic carbocycles. The quantitative estimate of drug-likeness (QED) is 0.756. The van der Waals surface area contributed by atoms with E-state index in [1.165, 1.54) is 37.7 Å². The summed E-state index contributed by atoms with van der Waals surface area (Å²) in [6.45, 7) is 2.85. The second kappa shape index (κ2) is 9.27. The van der Waals surface area contributed by atoms with Gasteiger partial charge in [-0.05, 0) is 63.6 Å². The molecule has 0 aliphatic carbocycles. The molecule has 2 N–H and O–H groups in total. The van der Waals surface area contributed by atoms with Crippen LogP contribution in [0.1, 0.15) is 63.0 Å². The van der Waals surface area contributed by atoms with Crippen molar-refractivity contribution in [1.82, 2.24) is 15.5 Å². The van der Waals surface area contributed by atoms with Crippen LogP contribution in [0.3, 0.4) is 0 Å². The number of nitrogens with one attached hydrogen (secondary N) is 2. The van der Waals surface area contributed by atoms with E-state index in [1.54, 1.807) is 7.11 Å². The third-order valence-electron chi connectivity index (χ3n) is 6.87. The van der Waals surface area contributed by atoms with Gasteiger partial charge in [0.05, 0.1) is 13.2 Å². The minimum atomic E-state index is 0.185. The molecule has 0 saturated carbocycles. The first-order chi connectivity index (χ1) is 13.7. The summed E-state index contributed by atoms with van der Waals surface area (Å²) >= 11 is 0. The molecule has 3 heterocycles. The Kier molecular flexibility index (Phi) is 6.53. The number of hydrogen-bond acceptors (Lipinski definition) is 4. The fraction of sp³-hybridized carbons (Fsp3) is 0.696. The Hall–Kier alpha value is -1.59. The molecular weight excluding hydrogens is 350 g/mol. The SMILES string of the molecule is COc1ccccc1C(CNC(=O)CC1CC2CCC(C1)N2)N1CCCCC1. The van der Waals surface area contributed by atoms with Gasteiger partial charge in [-0.2, -0.15) is 0 Å². The molecule has 3 saturated heterocycles. The average Bonchev–Trinajstić information content (AvgIpc) is 3.07. The normalized spacial score (nSPS) is 28.7. The lowest BCUT2D eigenvalue weighted by Crippen LogP contribution is -2.42. The maximum Gasteiger partial charge on any atom is 0.220 e. The molecule has 0 radical (unpaired) electrons. The number of rotatable bonds is 7. The van der Waals surface area contributed by atoms with E-state index in [9.17, 15) is 4.79 Å². The van der Waals surface area contributed by atoms with Gasteiger partial charge in [-0.3, -0.25) is 9.69 Å². The topological polar surface area (TPSA) is 53.6 Å². The van der Waals surface area contributed by atoms with Crippen molar-refractivity contribution < 1.29 is 9.53 Å². The van der Waals surface area contributed by atoms with E-state index in [0.717, 1.165) is 31.7 Å². The van der Waals surface area contributed by atoms with Crippen molar-refractivity contribution in [3.05, 3.63) is 29.8 Å². The van der Waals surface area contributed by atoms with E-state index < -0.39 is 0 Å². The highest BCUT2D eigenvalue weighted by Crippen LogP contribution is 2.33. The summed E-state index contributed by atoms with van der Waals surface area (Å²) < 4.78 is 5.63. The summed E-state index contributed by atoms with van der Waals surface area (Å²) in [5, 5.41) is 6.94. The molecule has 5 nitrogen and oxygen atoms in total. The van der Waals surface area contributed by atoms with Crippen molar-refractivity contribution >= 4 is 5.91 Å². The highest BCUT2D eigenvalue weighted by Gasteiger charge is 2.34. The lowest BCUT2D eigenvalue weighted by atomic mass is 9.89. The number of ether oxygens (including phenoxy) is 1. The van der Waals surface area contributed by atoms with Crippen LogP contribution in [0.2, 0.25) is 0 Å². The van der Waals surface area contributed by atoms with Crippen molar-refractivity contribution in [2.24, 2.45) is 5.92 Å². The molecule has 3 unspecified atom stereocenters. The summed E-state index contributed by atoms with van der Waals surface area (Å²) in [6, 6.07) is 9.73. The summed E-state index contributed by atoms with van der Waals surface area (Å²) in [7, 11) is 1.73. The molecule has 3 aliphatic rings. The number of carbonyl (C=O) groups excluding carboxylic acids is 1. The van der Waals surface area contributed by atoms with Crippen molar-refractivity contribution in [2.75, 3.05) is 26.7 Å². The molecular formula is C23H35N3O2. The number of para-hydroxylation sites is 1. The summed E-state index contributed by atoms with van der Waals surface area (Å²) in [5.74, 6) is 1.67. The van der Waals surface area contributed by atoms with Crippen molar-refractivity contribution in [2.45, 2.75) is 69.5 Å². The average molecular weight is 386 g/mol.